The predicted octanol–water partition coefficient (Wildman–Crippen LogP) is 4.30. The molecule has 0 N–H and O–H groups in total. The minimum absolute atomic E-state index is 0.826. The molecule has 0 atom stereocenters. The van der Waals surface area contributed by atoms with Crippen molar-refractivity contribution in [3.05, 3.63) is 110 Å². The summed E-state index contributed by atoms with van der Waals surface area (Å²) in [7, 11) is 14.3. The summed E-state index contributed by atoms with van der Waals surface area (Å²) in [6.45, 7) is 9.26. The Morgan fingerprint density at radius 2 is 0.771 bits per heavy atom. The van der Waals surface area contributed by atoms with Gasteiger partial charge in [0.2, 0.25) is 0 Å². The van der Waals surface area contributed by atoms with Gasteiger partial charge in [-0.25, -0.2) is 0 Å². The molecule has 0 spiro atoms. The summed E-state index contributed by atoms with van der Waals surface area (Å²) >= 11 is -0.826. The molecular formula is C28H34Cl2N4Zr+2. The number of fused-ring (bicyclic) bond motifs is 2. The van der Waals surface area contributed by atoms with Crippen molar-refractivity contribution in [3.63, 3.8) is 0 Å². The van der Waals surface area contributed by atoms with Crippen molar-refractivity contribution in [3.8, 4) is 0 Å². The molecule has 4 fully saturated rings. The average Bonchev–Trinajstić information content (AvgIpc) is 3.50. The van der Waals surface area contributed by atoms with Crippen LogP contribution < -0.4 is 0 Å². The number of hydrogen-bond acceptors (Lipinski definition) is 4. The summed E-state index contributed by atoms with van der Waals surface area (Å²) in [6.07, 6.45) is 26.4. The zero-order valence-corrected chi connectivity index (χ0v) is 24.6. The Balaban J connectivity index is 0.000000149. The third-order valence-electron chi connectivity index (χ3n) is 6.94. The van der Waals surface area contributed by atoms with Crippen molar-refractivity contribution in [1.82, 2.24) is 19.6 Å². The van der Waals surface area contributed by atoms with Crippen molar-refractivity contribution in [2.24, 2.45) is 0 Å². The molecule has 0 aromatic carbocycles. The van der Waals surface area contributed by atoms with Gasteiger partial charge < -0.3 is 9.80 Å². The summed E-state index contributed by atoms with van der Waals surface area (Å²) < 4.78 is 0. The summed E-state index contributed by atoms with van der Waals surface area (Å²) in [6, 6.07) is 2.77. The molecule has 35 heavy (non-hydrogen) atoms. The van der Waals surface area contributed by atoms with E-state index in [1.165, 1.54) is 61.9 Å². The van der Waals surface area contributed by atoms with E-state index in [4.69, 9.17) is 17.0 Å². The maximum absolute atomic E-state index is 4.93. The van der Waals surface area contributed by atoms with Gasteiger partial charge >= 0.3 is 37.9 Å². The monoisotopic (exact) mass is 586 g/mol. The molecule has 0 amide bonds. The molecule has 0 bridgehead atoms. The number of rotatable bonds is 2. The standard InChI is InChI=1S/2C14H17N2.2ClH.Zr/c2*1-15-6-8-16(9-7-15)14-10-12-4-2-3-5-13(12)11-14;;;/h2*2-5,10-11H,6-9H2,1H3;2*1H;/q;;;;+4/p-2. The molecule has 182 valence electrons. The molecule has 7 heteroatoms. The Bertz CT molecular complexity index is 654. The van der Waals surface area contributed by atoms with E-state index in [9.17, 15) is 0 Å². The van der Waals surface area contributed by atoms with E-state index < -0.39 is 20.8 Å². The first-order valence-corrected chi connectivity index (χ1v) is 18.5. The summed E-state index contributed by atoms with van der Waals surface area (Å²) in [5.74, 6) is 5.43. The zero-order chi connectivity index (χ0) is 24.6. The van der Waals surface area contributed by atoms with Crippen LogP contribution in [0.1, 0.15) is 0 Å². The molecule has 2 saturated carbocycles. The molecule has 10 radical (unpaired) electrons. The second-order valence-corrected chi connectivity index (χ2v) is 13.1. The zero-order valence-electron chi connectivity index (χ0n) is 20.6. The number of halogens is 2. The summed E-state index contributed by atoms with van der Waals surface area (Å²) in [5.41, 5.74) is 0. The maximum atomic E-state index is 4.93. The van der Waals surface area contributed by atoms with Crippen LogP contribution in [0.25, 0.3) is 0 Å². The van der Waals surface area contributed by atoms with E-state index in [1.807, 2.05) is 0 Å². The van der Waals surface area contributed by atoms with E-state index in [0.717, 1.165) is 26.2 Å². The molecular weight excluding hydrogens is 554 g/mol. The molecule has 0 unspecified atom stereocenters. The SMILES string of the molecule is CN1CCN([C]2[CH][C]3C=CC=C[C]3[CH]2)CC1.CN1CCN([C]2[CH][C]3C=CC=C[C]3[CH]2)CC1.[Cl][Zr+2][Cl]. The first-order valence-electron chi connectivity index (χ1n) is 12.2. The van der Waals surface area contributed by atoms with Gasteiger partial charge in [-0.05, 0) is 39.8 Å². The van der Waals surface area contributed by atoms with Gasteiger partial charge in [0.15, 0.2) is 0 Å². The van der Waals surface area contributed by atoms with Gasteiger partial charge in [-0.3, -0.25) is 9.80 Å². The second-order valence-electron chi connectivity index (χ2n) is 9.34. The molecule has 6 rings (SSSR count). The predicted molar refractivity (Wildman–Crippen MR) is 143 cm³/mol. The van der Waals surface area contributed by atoms with Crippen molar-refractivity contribution in [2.75, 3.05) is 66.5 Å². The van der Waals surface area contributed by atoms with E-state index >= 15 is 0 Å². The minimum atomic E-state index is -0.826. The molecule has 2 saturated heterocycles. The van der Waals surface area contributed by atoms with E-state index in [2.05, 4.69) is 108 Å². The van der Waals surface area contributed by atoms with Gasteiger partial charge in [0.25, 0.3) is 0 Å². The van der Waals surface area contributed by atoms with E-state index in [-0.39, 0.29) is 0 Å². The molecule has 4 nitrogen and oxygen atoms in total. The number of piperazine rings is 2. The van der Waals surface area contributed by atoms with Crippen LogP contribution in [0.15, 0.2) is 48.6 Å². The second kappa shape index (κ2) is 14.4. The van der Waals surface area contributed by atoms with Gasteiger partial charge in [0.1, 0.15) is 0 Å². The van der Waals surface area contributed by atoms with Crippen LogP contribution in [0.4, 0.5) is 0 Å². The van der Waals surface area contributed by atoms with Crippen molar-refractivity contribution < 1.29 is 20.8 Å². The first kappa shape index (κ1) is 28.3. The molecule has 0 aromatic heterocycles. The summed E-state index contributed by atoms with van der Waals surface area (Å²) in [4.78, 5) is 9.75. The molecule has 4 aliphatic carbocycles. The fraction of sp³-hybridized carbons (Fsp3) is 0.357. The Hall–Kier alpha value is 0.263. The van der Waals surface area contributed by atoms with Crippen LogP contribution in [0.2, 0.25) is 0 Å². The average molecular weight is 589 g/mol. The van der Waals surface area contributed by atoms with E-state index in [0.29, 0.717) is 0 Å². The Morgan fingerprint density at radius 3 is 1.03 bits per heavy atom. The van der Waals surface area contributed by atoms with Gasteiger partial charge in [-0.1, -0.05) is 48.6 Å². The van der Waals surface area contributed by atoms with Gasteiger partial charge in [0.05, 0.1) is 0 Å². The summed E-state index contributed by atoms with van der Waals surface area (Å²) in [5, 5.41) is 0. The third-order valence-corrected chi connectivity index (χ3v) is 6.94. The Morgan fingerprint density at radius 1 is 0.514 bits per heavy atom. The molecule has 6 aliphatic rings. The van der Waals surface area contributed by atoms with E-state index in [1.54, 1.807) is 0 Å². The molecule has 2 aliphatic heterocycles. The normalized spacial score (nSPS) is 27.8. The number of hydrogen-bond donors (Lipinski definition) is 0. The first-order chi connectivity index (χ1) is 17.1. The number of likely N-dealkylation sites (N-methyl/N-ethyl adjacent to an activating group) is 2. The van der Waals surface area contributed by atoms with Crippen LogP contribution in [-0.4, -0.2) is 86.1 Å². The van der Waals surface area contributed by atoms with Crippen LogP contribution in [0.5, 0.6) is 0 Å². The van der Waals surface area contributed by atoms with Crippen LogP contribution in [-0.2, 0) is 20.8 Å². The van der Waals surface area contributed by atoms with Gasteiger partial charge in [-0.15, -0.1) is 0 Å². The van der Waals surface area contributed by atoms with Gasteiger partial charge in [0, 0.05) is 88.1 Å². The molecule has 2 heterocycles. The van der Waals surface area contributed by atoms with Gasteiger partial charge in [-0.2, -0.15) is 0 Å². The Kier molecular flexibility index (Phi) is 11.7. The van der Waals surface area contributed by atoms with Crippen LogP contribution in [0, 0.1) is 61.4 Å². The quantitative estimate of drug-likeness (QED) is 0.477. The van der Waals surface area contributed by atoms with Crippen LogP contribution in [0.3, 0.4) is 0 Å². The van der Waals surface area contributed by atoms with Crippen molar-refractivity contribution in [1.29, 1.82) is 0 Å². The van der Waals surface area contributed by atoms with Crippen LogP contribution >= 0.6 is 17.0 Å². The third kappa shape index (κ3) is 8.12. The number of allylic oxidation sites excluding steroid dienone is 8. The Labute approximate surface area is 232 Å². The topological polar surface area (TPSA) is 13.0 Å². The fourth-order valence-corrected chi connectivity index (χ4v) is 4.76. The fourth-order valence-electron chi connectivity index (χ4n) is 4.76. The van der Waals surface area contributed by atoms with Crippen molar-refractivity contribution in [2.45, 2.75) is 0 Å². The van der Waals surface area contributed by atoms with Crippen molar-refractivity contribution >= 4 is 17.0 Å². The molecule has 0 aromatic rings. The number of nitrogens with zero attached hydrogens (tertiary/aromatic N) is 4.